The van der Waals surface area contributed by atoms with Crippen molar-refractivity contribution in [3.8, 4) is 0 Å². The summed E-state index contributed by atoms with van der Waals surface area (Å²) in [6.45, 7) is 10.3. The molecule has 1 fully saturated rings. The Morgan fingerprint density at radius 2 is 2.00 bits per heavy atom. The van der Waals surface area contributed by atoms with E-state index in [9.17, 15) is 14.4 Å². The summed E-state index contributed by atoms with van der Waals surface area (Å²) >= 11 is 0. The second-order valence-corrected chi connectivity index (χ2v) is 6.93. The maximum absolute atomic E-state index is 12.3. The van der Waals surface area contributed by atoms with Crippen LogP contribution in [0.4, 0.5) is 0 Å². The lowest BCUT2D eigenvalue weighted by Gasteiger charge is -2.34. The van der Waals surface area contributed by atoms with E-state index in [1.165, 1.54) is 4.90 Å². The first-order valence-corrected chi connectivity index (χ1v) is 7.27. The van der Waals surface area contributed by atoms with Crippen molar-refractivity contribution < 1.29 is 14.4 Å². The van der Waals surface area contributed by atoms with Gasteiger partial charge in [0.25, 0.3) is 0 Å². The number of carbonyl (C=O) groups excluding carboxylic acids is 3. The van der Waals surface area contributed by atoms with E-state index >= 15 is 0 Å². The molecule has 0 bridgehead atoms. The summed E-state index contributed by atoms with van der Waals surface area (Å²) < 4.78 is 0. The van der Waals surface area contributed by atoms with E-state index in [1.807, 2.05) is 13.8 Å². The monoisotopic (exact) mass is 282 g/mol. The van der Waals surface area contributed by atoms with E-state index in [2.05, 4.69) is 26.1 Å². The van der Waals surface area contributed by atoms with E-state index in [1.54, 1.807) is 0 Å². The molecular weight excluding hydrogens is 256 g/mol. The molecule has 1 heterocycles. The quantitative estimate of drug-likeness (QED) is 0.798. The predicted octanol–water partition coefficient (Wildman–Crippen LogP) is 1.71. The average Bonchev–Trinajstić information content (AvgIpc) is 2.24. The first-order valence-electron chi connectivity index (χ1n) is 7.27. The Labute approximate surface area is 121 Å². The highest BCUT2D eigenvalue weighted by atomic mass is 16.2. The van der Waals surface area contributed by atoms with Gasteiger partial charge in [0, 0.05) is 6.42 Å². The van der Waals surface area contributed by atoms with Crippen LogP contribution in [0.3, 0.4) is 0 Å². The molecular formula is C15H26N2O3. The maximum Gasteiger partial charge on any atom is 0.249 e. The molecule has 5 nitrogen and oxygen atoms in total. The number of nitrogens with zero attached hydrogens (tertiary/aromatic N) is 1. The number of hydrogen-bond donors (Lipinski definition) is 1. The first-order chi connectivity index (χ1) is 9.14. The molecule has 0 aromatic carbocycles. The van der Waals surface area contributed by atoms with E-state index in [0.29, 0.717) is 12.8 Å². The number of piperazine rings is 1. The molecule has 2 unspecified atom stereocenters. The molecule has 2 atom stereocenters. The van der Waals surface area contributed by atoms with Gasteiger partial charge >= 0.3 is 0 Å². The number of rotatable bonds is 4. The second-order valence-electron chi connectivity index (χ2n) is 6.93. The summed E-state index contributed by atoms with van der Waals surface area (Å²) in [6.07, 6.45) is 1.84. The van der Waals surface area contributed by atoms with Crippen LogP contribution in [0.1, 0.15) is 53.9 Å². The summed E-state index contributed by atoms with van der Waals surface area (Å²) in [6, 6.07) is -0.512. The lowest BCUT2D eigenvalue weighted by atomic mass is 9.84. The zero-order chi connectivity index (χ0) is 15.5. The van der Waals surface area contributed by atoms with Crippen LogP contribution in [0, 0.1) is 11.3 Å². The number of imide groups is 1. The van der Waals surface area contributed by atoms with Crippen molar-refractivity contribution in [2.75, 3.05) is 6.54 Å². The van der Waals surface area contributed by atoms with Crippen LogP contribution in [0.2, 0.25) is 0 Å². The van der Waals surface area contributed by atoms with E-state index in [0.717, 1.165) is 6.42 Å². The van der Waals surface area contributed by atoms with Crippen molar-refractivity contribution in [3.05, 3.63) is 0 Å². The lowest BCUT2D eigenvalue weighted by molar-refractivity contribution is -0.150. The van der Waals surface area contributed by atoms with Gasteiger partial charge in [0.1, 0.15) is 12.6 Å². The third-order valence-electron chi connectivity index (χ3n) is 3.45. The summed E-state index contributed by atoms with van der Waals surface area (Å²) in [4.78, 5) is 37.0. The fourth-order valence-corrected chi connectivity index (χ4v) is 2.87. The molecule has 1 rings (SSSR count). The third-order valence-corrected chi connectivity index (χ3v) is 3.45. The topological polar surface area (TPSA) is 66.5 Å². The molecule has 114 valence electrons. The SMILES string of the molecule is CCC1C(=O)NC(=O)CN1C(=O)CC(C)CC(C)(C)C. The predicted molar refractivity (Wildman–Crippen MR) is 76.8 cm³/mol. The minimum atomic E-state index is -0.512. The second kappa shape index (κ2) is 6.37. The Hall–Kier alpha value is -1.39. The fourth-order valence-electron chi connectivity index (χ4n) is 2.87. The van der Waals surface area contributed by atoms with E-state index in [4.69, 9.17) is 0 Å². The van der Waals surface area contributed by atoms with Crippen LogP contribution < -0.4 is 5.32 Å². The Kier molecular flexibility index (Phi) is 5.31. The number of nitrogens with one attached hydrogen (secondary N) is 1. The van der Waals surface area contributed by atoms with Gasteiger partial charge < -0.3 is 4.90 Å². The average molecular weight is 282 g/mol. The van der Waals surface area contributed by atoms with Crippen LogP contribution in [0.15, 0.2) is 0 Å². The van der Waals surface area contributed by atoms with Gasteiger partial charge in [-0.15, -0.1) is 0 Å². The van der Waals surface area contributed by atoms with Crippen molar-refractivity contribution in [1.82, 2.24) is 10.2 Å². The molecule has 0 spiro atoms. The molecule has 20 heavy (non-hydrogen) atoms. The molecule has 0 aliphatic carbocycles. The largest absolute Gasteiger partial charge is 0.321 e. The van der Waals surface area contributed by atoms with Gasteiger partial charge in [0.15, 0.2) is 0 Å². The van der Waals surface area contributed by atoms with Gasteiger partial charge in [0.05, 0.1) is 0 Å². The molecule has 0 aromatic rings. The van der Waals surface area contributed by atoms with Gasteiger partial charge in [-0.25, -0.2) is 0 Å². The van der Waals surface area contributed by atoms with Crippen LogP contribution in [-0.4, -0.2) is 35.2 Å². The van der Waals surface area contributed by atoms with Gasteiger partial charge in [-0.1, -0.05) is 34.6 Å². The summed E-state index contributed by atoms with van der Waals surface area (Å²) in [7, 11) is 0. The van der Waals surface area contributed by atoms with Gasteiger partial charge in [-0.05, 0) is 24.2 Å². The van der Waals surface area contributed by atoms with Crippen LogP contribution in [0.5, 0.6) is 0 Å². The standard InChI is InChI=1S/C15H26N2O3/c1-6-11-14(20)16-12(18)9-17(11)13(19)7-10(2)8-15(3,4)5/h10-11H,6-9H2,1-5H3,(H,16,18,20). The zero-order valence-corrected chi connectivity index (χ0v) is 13.2. The molecule has 1 saturated heterocycles. The zero-order valence-electron chi connectivity index (χ0n) is 13.2. The molecule has 1 N–H and O–H groups in total. The van der Waals surface area contributed by atoms with Crippen molar-refractivity contribution >= 4 is 17.7 Å². The molecule has 0 radical (unpaired) electrons. The number of amides is 3. The molecule has 5 heteroatoms. The number of hydrogen-bond acceptors (Lipinski definition) is 3. The molecule has 0 saturated carbocycles. The van der Waals surface area contributed by atoms with E-state index in [-0.39, 0.29) is 29.7 Å². The Balaban J connectivity index is 2.69. The minimum absolute atomic E-state index is 0.00861. The van der Waals surface area contributed by atoms with Crippen molar-refractivity contribution in [2.45, 2.75) is 59.9 Å². The van der Waals surface area contributed by atoms with Crippen LogP contribution >= 0.6 is 0 Å². The van der Waals surface area contributed by atoms with Crippen LogP contribution in [-0.2, 0) is 14.4 Å². The minimum Gasteiger partial charge on any atom is -0.321 e. The maximum atomic E-state index is 12.3. The fraction of sp³-hybridized carbons (Fsp3) is 0.800. The number of carbonyl (C=O) groups is 3. The van der Waals surface area contributed by atoms with Crippen molar-refractivity contribution in [1.29, 1.82) is 0 Å². The lowest BCUT2D eigenvalue weighted by Crippen LogP contribution is -2.59. The molecule has 3 amide bonds. The summed E-state index contributed by atoms with van der Waals surface area (Å²) in [5.41, 5.74) is 0.166. The van der Waals surface area contributed by atoms with Crippen molar-refractivity contribution in [2.24, 2.45) is 11.3 Å². The highest BCUT2D eigenvalue weighted by Gasteiger charge is 2.35. The Bertz CT molecular complexity index is 398. The molecule has 0 aromatic heterocycles. The first kappa shape index (κ1) is 16.7. The summed E-state index contributed by atoms with van der Waals surface area (Å²) in [5, 5.41) is 2.28. The van der Waals surface area contributed by atoms with Gasteiger partial charge in [-0.2, -0.15) is 0 Å². The highest BCUT2D eigenvalue weighted by molar-refractivity contribution is 6.04. The normalized spacial score (nSPS) is 21.6. The molecule has 1 aliphatic heterocycles. The van der Waals surface area contributed by atoms with Gasteiger partial charge in [-0.3, -0.25) is 19.7 Å². The van der Waals surface area contributed by atoms with E-state index < -0.39 is 11.9 Å². The highest BCUT2D eigenvalue weighted by Crippen LogP contribution is 2.26. The third kappa shape index (κ3) is 4.62. The molecule has 1 aliphatic rings. The smallest absolute Gasteiger partial charge is 0.249 e. The Morgan fingerprint density at radius 1 is 1.40 bits per heavy atom. The van der Waals surface area contributed by atoms with Gasteiger partial charge in [0.2, 0.25) is 17.7 Å². The van der Waals surface area contributed by atoms with Crippen molar-refractivity contribution in [3.63, 3.8) is 0 Å². The van der Waals surface area contributed by atoms with Crippen LogP contribution in [0.25, 0.3) is 0 Å². The Morgan fingerprint density at radius 3 is 2.50 bits per heavy atom. The summed E-state index contributed by atoms with van der Waals surface area (Å²) in [5.74, 6) is -0.617.